The number of pyridine rings is 1. The molecule has 1 heterocycles. The van der Waals surface area contributed by atoms with Crippen molar-refractivity contribution in [1.29, 1.82) is 0 Å². The zero-order valence-corrected chi connectivity index (χ0v) is 11.6. The molecule has 0 fully saturated rings. The summed E-state index contributed by atoms with van der Waals surface area (Å²) in [5.74, 6) is -0.0579. The lowest BCUT2D eigenvalue weighted by Crippen LogP contribution is -2.36. The van der Waals surface area contributed by atoms with Gasteiger partial charge in [-0.25, -0.2) is 14.6 Å². The van der Waals surface area contributed by atoms with Crippen molar-refractivity contribution in [2.24, 2.45) is 0 Å². The van der Waals surface area contributed by atoms with Gasteiger partial charge in [0, 0.05) is 14.8 Å². The van der Waals surface area contributed by atoms with Crippen molar-refractivity contribution in [3.05, 3.63) is 20.4 Å². The number of aryl methyl sites for hydroxylation is 1. The molecule has 0 radical (unpaired) electrons. The van der Waals surface area contributed by atoms with E-state index >= 15 is 0 Å². The Hall–Kier alpha value is -1.38. The molecule has 0 unspecified atom stereocenters. The van der Waals surface area contributed by atoms with Gasteiger partial charge in [-0.3, -0.25) is 0 Å². The van der Waals surface area contributed by atoms with Gasteiger partial charge in [0.2, 0.25) is 0 Å². The van der Waals surface area contributed by atoms with Crippen LogP contribution in [0, 0.1) is 24.3 Å². The van der Waals surface area contributed by atoms with Gasteiger partial charge in [-0.1, -0.05) is 0 Å². The number of aromatic nitrogens is 1. The highest BCUT2D eigenvalue weighted by molar-refractivity contribution is 14.1. The van der Waals surface area contributed by atoms with Crippen molar-refractivity contribution in [2.45, 2.75) is 20.8 Å². The summed E-state index contributed by atoms with van der Waals surface area (Å²) >= 11 is 2.05. The highest BCUT2D eigenvalue weighted by atomic mass is 127. The second kappa shape index (κ2) is 4.86. The molecule has 1 rings (SSSR count). The number of hydrogen-bond donors (Lipinski definition) is 2. The van der Waals surface area contributed by atoms with E-state index in [2.05, 4.69) is 4.98 Å². The minimum absolute atomic E-state index is 0.0579. The van der Waals surface area contributed by atoms with Gasteiger partial charge in [0.25, 0.3) is 0 Å². The minimum atomic E-state index is -1.56. The zero-order valence-electron chi connectivity index (χ0n) is 9.48. The second-order valence-electron chi connectivity index (χ2n) is 3.49. The van der Waals surface area contributed by atoms with E-state index in [-0.39, 0.29) is 10.7 Å². The summed E-state index contributed by atoms with van der Waals surface area (Å²) in [6.07, 6.45) is -3.13. The van der Waals surface area contributed by atoms with Crippen molar-refractivity contribution in [2.75, 3.05) is 4.90 Å². The van der Waals surface area contributed by atoms with E-state index in [1.807, 2.05) is 29.5 Å². The molecule has 1 aromatic heterocycles. The van der Waals surface area contributed by atoms with Gasteiger partial charge in [-0.15, -0.1) is 0 Å². The molecule has 0 aliphatic carbocycles. The van der Waals surface area contributed by atoms with Gasteiger partial charge in [-0.2, -0.15) is 4.90 Å². The van der Waals surface area contributed by atoms with Gasteiger partial charge in [0.05, 0.1) is 0 Å². The average molecular weight is 350 g/mol. The Morgan fingerprint density at radius 1 is 1.12 bits per heavy atom. The van der Waals surface area contributed by atoms with Crippen LogP contribution in [0.2, 0.25) is 0 Å². The van der Waals surface area contributed by atoms with Crippen LogP contribution in [-0.4, -0.2) is 27.4 Å². The molecule has 6 nitrogen and oxygen atoms in total. The predicted octanol–water partition coefficient (Wildman–Crippen LogP) is 2.77. The normalized spacial score (nSPS) is 10.1. The number of imide groups is 1. The molecule has 0 saturated carbocycles. The SMILES string of the molecule is Cc1nc(N(C(=O)O)C(=O)O)c(C)c(I)c1C. The lowest BCUT2D eigenvalue weighted by molar-refractivity contribution is 0.184. The van der Waals surface area contributed by atoms with E-state index in [0.29, 0.717) is 11.3 Å². The first-order valence-electron chi connectivity index (χ1n) is 4.66. The van der Waals surface area contributed by atoms with Crippen LogP contribution in [0.4, 0.5) is 15.4 Å². The van der Waals surface area contributed by atoms with Crippen LogP contribution in [0.25, 0.3) is 0 Å². The predicted molar refractivity (Wildman–Crippen MR) is 69.7 cm³/mol. The summed E-state index contributed by atoms with van der Waals surface area (Å²) in [4.78, 5) is 26.1. The van der Waals surface area contributed by atoms with Crippen LogP contribution in [0.1, 0.15) is 16.8 Å². The van der Waals surface area contributed by atoms with Crippen molar-refractivity contribution < 1.29 is 19.8 Å². The highest BCUT2D eigenvalue weighted by Gasteiger charge is 2.27. The van der Waals surface area contributed by atoms with Crippen LogP contribution < -0.4 is 4.90 Å². The average Bonchev–Trinajstić information content (AvgIpc) is 2.21. The molecule has 0 saturated heterocycles. The molecule has 7 heteroatoms. The van der Waals surface area contributed by atoms with Crippen molar-refractivity contribution in [3.63, 3.8) is 0 Å². The highest BCUT2D eigenvalue weighted by Crippen LogP contribution is 2.27. The molecular formula is C10H11IN2O4. The molecule has 0 aliphatic heterocycles. The standard InChI is InChI=1S/C10H11IN2O4/c1-4-6(3)12-8(5(2)7(4)11)13(9(14)15)10(16)17/h1-3H3,(H,14,15)(H,16,17). The van der Waals surface area contributed by atoms with Crippen molar-refractivity contribution in [3.8, 4) is 0 Å². The summed E-state index contributed by atoms with van der Waals surface area (Å²) in [5, 5.41) is 17.8. The summed E-state index contributed by atoms with van der Waals surface area (Å²) in [5.41, 5.74) is 2.07. The molecule has 2 N–H and O–H groups in total. The lowest BCUT2D eigenvalue weighted by Gasteiger charge is -2.17. The first-order valence-corrected chi connectivity index (χ1v) is 5.74. The summed E-state index contributed by atoms with van der Waals surface area (Å²) in [6, 6.07) is 0. The number of rotatable bonds is 1. The number of halogens is 1. The Morgan fingerprint density at radius 2 is 1.59 bits per heavy atom. The number of anilines is 1. The molecule has 0 bridgehead atoms. The molecule has 17 heavy (non-hydrogen) atoms. The first kappa shape index (κ1) is 13.7. The number of amides is 2. The van der Waals surface area contributed by atoms with Crippen molar-refractivity contribution in [1.82, 2.24) is 4.98 Å². The topological polar surface area (TPSA) is 90.7 Å². The van der Waals surface area contributed by atoms with Gasteiger partial charge in [0.1, 0.15) is 0 Å². The fourth-order valence-corrected chi connectivity index (χ4v) is 1.98. The van der Waals surface area contributed by atoms with E-state index in [1.54, 1.807) is 13.8 Å². The van der Waals surface area contributed by atoms with Crippen LogP contribution in [0.15, 0.2) is 0 Å². The Labute approximate surface area is 111 Å². The van der Waals surface area contributed by atoms with E-state index in [1.165, 1.54) is 0 Å². The van der Waals surface area contributed by atoms with Gasteiger partial charge >= 0.3 is 12.2 Å². The Kier molecular flexibility index (Phi) is 3.91. The smallest absolute Gasteiger partial charge is 0.422 e. The van der Waals surface area contributed by atoms with E-state index in [9.17, 15) is 9.59 Å². The molecule has 0 aliphatic rings. The largest absolute Gasteiger partial charge is 0.464 e. The zero-order chi connectivity index (χ0) is 13.3. The Balaban J connectivity index is 3.50. The molecule has 2 amide bonds. The third-order valence-corrected chi connectivity index (χ3v) is 4.02. The summed E-state index contributed by atoms with van der Waals surface area (Å²) < 4.78 is 0.817. The van der Waals surface area contributed by atoms with Gasteiger partial charge < -0.3 is 10.2 Å². The van der Waals surface area contributed by atoms with Crippen LogP contribution in [0.3, 0.4) is 0 Å². The quantitative estimate of drug-likeness (QED) is 0.760. The number of carbonyl (C=O) groups is 2. The number of carboxylic acid groups (broad SMARTS) is 2. The Bertz CT molecular complexity index is 488. The van der Waals surface area contributed by atoms with Crippen molar-refractivity contribution >= 4 is 40.6 Å². The van der Waals surface area contributed by atoms with E-state index in [0.717, 1.165) is 9.13 Å². The van der Waals surface area contributed by atoms with E-state index in [4.69, 9.17) is 10.2 Å². The number of nitrogens with zero attached hydrogens (tertiary/aromatic N) is 2. The second-order valence-corrected chi connectivity index (χ2v) is 4.56. The maximum absolute atomic E-state index is 10.9. The molecule has 1 aromatic rings. The fraction of sp³-hybridized carbons (Fsp3) is 0.300. The van der Waals surface area contributed by atoms with Gasteiger partial charge in [0.15, 0.2) is 5.82 Å². The molecule has 92 valence electrons. The first-order chi connectivity index (χ1) is 7.77. The van der Waals surface area contributed by atoms with Crippen LogP contribution in [-0.2, 0) is 0 Å². The maximum Gasteiger partial charge on any atom is 0.422 e. The van der Waals surface area contributed by atoms with E-state index < -0.39 is 12.2 Å². The summed E-state index contributed by atoms with van der Waals surface area (Å²) in [7, 11) is 0. The maximum atomic E-state index is 10.9. The fourth-order valence-electron chi connectivity index (χ4n) is 1.35. The minimum Gasteiger partial charge on any atom is -0.464 e. The summed E-state index contributed by atoms with van der Waals surface area (Å²) in [6.45, 7) is 5.21. The molecule has 0 spiro atoms. The Morgan fingerprint density at radius 3 is 2.00 bits per heavy atom. The molecular weight excluding hydrogens is 339 g/mol. The third kappa shape index (κ3) is 2.48. The molecule has 0 atom stereocenters. The van der Waals surface area contributed by atoms with Crippen LogP contribution >= 0.6 is 22.6 Å². The molecule has 0 aromatic carbocycles. The number of hydrogen-bond acceptors (Lipinski definition) is 3. The monoisotopic (exact) mass is 350 g/mol. The van der Waals surface area contributed by atoms with Gasteiger partial charge in [-0.05, 0) is 48.9 Å². The lowest BCUT2D eigenvalue weighted by atomic mass is 10.1. The third-order valence-electron chi connectivity index (χ3n) is 2.40. The van der Waals surface area contributed by atoms with Crippen LogP contribution in [0.5, 0.6) is 0 Å².